The van der Waals surface area contributed by atoms with Crippen LogP contribution in [0.15, 0.2) is 30.3 Å². The molecule has 29 heavy (non-hydrogen) atoms. The lowest BCUT2D eigenvalue weighted by molar-refractivity contribution is 0.249. The summed E-state index contributed by atoms with van der Waals surface area (Å²) in [6, 6.07) is 9.60. The fourth-order valence-electron chi connectivity index (χ4n) is 3.64. The molecule has 3 heterocycles. The van der Waals surface area contributed by atoms with Crippen LogP contribution in [0.4, 0.5) is 11.6 Å². The van der Waals surface area contributed by atoms with Gasteiger partial charge in [0, 0.05) is 48.5 Å². The van der Waals surface area contributed by atoms with Crippen molar-refractivity contribution >= 4 is 46.0 Å². The molecule has 1 fully saturated rings. The summed E-state index contributed by atoms with van der Waals surface area (Å²) in [5.74, 6) is 1.17. The van der Waals surface area contributed by atoms with E-state index in [1.807, 2.05) is 30.3 Å². The van der Waals surface area contributed by atoms with Gasteiger partial charge in [-0.05, 0) is 42.3 Å². The predicted molar refractivity (Wildman–Crippen MR) is 120 cm³/mol. The molecule has 2 aromatic heterocycles. The molecule has 1 aliphatic rings. The van der Waals surface area contributed by atoms with Crippen molar-refractivity contribution in [1.82, 2.24) is 19.9 Å². The van der Waals surface area contributed by atoms with Crippen molar-refractivity contribution in [3.63, 3.8) is 0 Å². The van der Waals surface area contributed by atoms with Crippen LogP contribution in [0.25, 0.3) is 11.2 Å². The van der Waals surface area contributed by atoms with E-state index in [0.717, 1.165) is 73.2 Å². The third-order valence-electron chi connectivity index (χ3n) is 5.17. The molecular formula is C21H24Cl2N6. The van der Waals surface area contributed by atoms with Crippen LogP contribution in [-0.4, -0.2) is 46.0 Å². The monoisotopic (exact) mass is 430 g/mol. The van der Waals surface area contributed by atoms with Gasteiger partial charge in [0.25, 0.3) is 0 Å². The molecule has 0 atom stereocenters. The topological polar surface area (TPSA) is 71.2 Å². The zero-order valence-electron chi connectivity index (χ0n) is 16.4. The first-order valence-electron chi connectivity index (χ1n) is 9.88. The average molecular weight is 431 g/mol. The highest BCUT2D eigenvalue weighted by Crippen LogP contribution is 2.25. The third kappa shape index (κ3) is 4.55. The maximum atomic E-state index is 6.31. The van der Waals surface area contributed by atoms with E-state index in [2.05, 4.69) is 26.7 Å². The maximum Gasteiger partial charge on any atom is 0.180 e. The zero-order chi connectivity index (χ0) is 20.4. The molecule has 0 saturated carbocycles. The van der Waals surface area contributed by atoms with Gasteiger partial charge in [-0.15, -0.1) is 0 Å². The number of pyridine rings is 1. The number of aromatic nitrogens is 3. The lowest BCUT2D eigenvalue weighted by Gasteiger charge is -2.35. The van der Waals surface area contributed by atoms with Crippen LogP contribution in [0.3, 0.4) is 0 Å². The van der Waals surface area contributed by atoms with E-state index in [-0.39, 0.29) is 0 Å². The quantitative estimate of drug-likeness (QED) is 0.653. The molecular weight excluding hydrogens is 407 g/mol. The lowest BCUT2D eigenvalue weighted by Crippen LogP contribution is -2.46. The Hall–Kier alpha value is -2.15. The fraction of sp³-hybridized carbons (Fsp3) is 0.381. The minimum atomic E-state index is 0.435. The SMILES string of the molecule is CCCc1ccc2nc(N3CCN(Cc4cc(Cl)ccc4Cl)CC3)c(N)nc2n1. The molecule has 152 valence electrons. The molecule has 3 aromatic rings. The molecule has 0 spiro atoms. The van der Waals surface area contributed by atoms with E-state index >= 15 is 0 Å². The molecule has 6 nitrogen and oxygen atoms in total. The minimum absolute atomic E-state index is 0.435. The van der Waals surface area contributed by atoms with E-state index in [4.69, 9.17) is 33.9 Å². The smallest absolute Gasteiger partial charge is 0.180 e. The number of nitrogen functional groups attached to an aromatic ring is 1. The van der Waals surface area contributed by atoms with Gasteiger partial charge >= 0.3 is 0 Å². The van der Waals surface area contributed by atoms with Gasteiger partial charge in [-0.2, -0.15) is 0 Å². The molecule has 1 aromatic carbocycles. The summed E-state index contributed by atoms with van der Waals surface area (Å²) >= 11 is 12.4. The number of benzene rings is 1. The van der Waals surface area contributed by atoms with Crippen LogP contribution in [0, 0.1) is 0 Å². The van der Waals surface area contributed by atoms with E-state index in [9.17, 15) is 0 Å². The predicted octanol–water partition coefficient (Wildman–Crippen LogP) is 4.19. The Kier molecular flexibility index (Phi) is 6.04. The number of nitrogens with zero attached hydrogens (tertiary/aromatic N) is 5. The number of hydrogen-bond donors (Lipinski definition) is 1. The number of piperazine rings is 1. The van der Waals surface area contributed by atoms with Crippen molar-refractivity contribution in [3.05, 3.63) is 51.6 Å². The van der Waals surface area contributed by atoms with Gasteiger partial charge in [-0.1, -0.05) is 36.5 Å². The Morgan fingerprint density at radius 1 is 1.00 bits per heavy atom. The van der Waals surface area contributed by atoms with Crippen LogP contribution < -0.4 is 10.6 Å². The van der Waals surface area contributed by atoms with E-state index in [1.54, 1.807) is 0 Å². The summed E-state index contributed by atoms with van der Waals surface area (Å²) in [5.41, 5.74) is 9.70. The summed E-state index contributed by atoms with van der Waals surface area (Å²) in [4.78, 5) is 18.4. The number of fused-ring (bicyclic) bond motifs is 1. The molecule has 2 N–H and O–H groups in total. The Balaban J connectivity index is 1.46. The van der Waals surface area contributed by atoms with Gasteiger partial charge < -0.3 is 10.6 Å². The number of halogens is 2. The highest BCUT2D eigenvalue weighted by atomic mass is 35.5. The number of anilines is 2. The van der Waals surface area contributed by atoms with Crippen molar-refractivity contribution in [3.8, 4) is 0 Å². The first kappa shape index (κ1) is 20.1. The second-order valence-electron chi connectivity index (χ2n) is 7.33. The Bertz CT molecular complexity index is 1020. The number of aryl methyl sites for hydroxylation is 1. The second-order valence-corrected chi connectivity index (χ2v) is 8.17. The Morgan fingerprint density at radius 2 is 1.79 bits per heavy atom. The van der Waals surface area contributed by atoms with Crippen molar-refractivity contribution in [2.45, 2.75) is 26.3 Å². The van der Waals surface area contributed by atoms with Gasteiger partial charge in [0.05, 0.1) is 0 Å². The molecule has 8 heteroatoms. The normalized spacial score (nSPS) is 15.2. The number of nitrogens with two attached hydrogens (primary N) is 1. The lowest BCUT2D eigenvalue weighted by atomic mass is 10.2. The average Bonchev–Trinajstić information content (AvgIpc) is 2.71. The van der Waals surface area contributed by atoms with E-state index < -0.39 is 0 Å². The molecule has 0 radical (unpaired) electrons. The molecule has 4 rings (SSSR count). The molecule has 0 unspecified atom stereocenters. The van der Waals surface area contributed by atoms with Crippen molar-refractivity contribution < 1.29 is 0 Å². The first-order valence-corrected chi connectivity index (χ1v) is 10.6. The third-order valence-corrected chi connectivity index (χ3v) is 5.78. The standard InChI is InChI=1S/C21H24Cl2N6/c1-2-3-16-5-7-18-20(25-16)27-19(24)21(26-18)29-10-8-28(9-11-29)13-14-12-15(22)4-6-17(14)23/h4-7,12H,2-3,8-11,13H2,1H3,(H2,24,25,27). The molecule has 1 aliphatic heterocycles. The minimum Gasteiger partial charge on any atom is -0.381 e. The number of rotatable bonds is 5. The molecule has 0 bridgehead atoms. The van der Waals surface area contributed by atoms with Crippen LogP contribution in [0.5, 0.6) is 0 Å². The Labute approximate surface area is 180 Å². The van der Waals surface area contributed by atoms with Crippen molar-refractivity contribution in [2.75, 3.05) is 36.8 Å². The summed E-state index contributed by atoms with van der Waals surface area (Å²) in [7, 11) is 0. The van der Waals surface area contributed by atoms with Crippen LogP contribution in [0.1, 0.15) is 24.6 Å². The van der Waals surface area contributed by atoms with Gasteiger partial charge in [0.1, 0.15) is 5.52 Å². The molecule has 1 saturated heterocycles. The summed E-state index contributed by atoms with van der Waals surface area (Å²) in [6.45, 7) is 6.32. The summed E-state index contributed by atoms with van der Waals surface area (Å²) < 4.78 is 0. The largest absolute Gasteiger partial charge is 0.381 e. The van der Waals surface area contributed by atoms with Crippen molar-refractivity contribution in [2.24, 2.45) is 0 Å². The van der Waals surface area contributed by atoms with Gasteiger partial charge in [0.2, 0.25) is 0 Å². The summed E-state index contributed by atoms with van der Waals surface area (Å²) in [5, 5.41) is 1.45. The highest BCUT2D eigenvalue weighted by Gasteiger charge is 2.22. The van der Waals surface area contributed by atoms with Crippen LogP contribution in [0.2, 0.25) is 10.0 Å². The van der Waals surface area contributed by atoms with Crippen LogP contribution >= 0.6 is 23.2 Å². The van der Waals surface area contributed by atoms with E-state index in [0.29, 0.717) is 16.5 Å². The molecule has 0 amide bonds. The van der Waals surface area contributed by atoms with Crippen LogP contribution in [-0.2, 0) is 13.0 Å². The maximum absolute atomic E-state index is 6.31. The fourth-order valence-corrected chi connectivity index (χ4v) is 4.01. The number of hydrogen-bond acceptors (Lipinski definition) is 6. The first-order chi connectivity index (χ1) is 14.0. The zero-order valence-corrected chi connectivity index (χ0v) is 17.9. The van der Waals surface area contributed by atoms with Crippen molar-refractivity contribution in [1.29, 1.82) is 0 Å². The van der Waals surface area contributed by atoms with E-state index in [1.165, 1.54) is 0 Å². The highest BCUT2D eigenvalue weighted by molar-refractivity contribution is 6.33. The van der Waals surface area contributed by atoms with Gasteiger partial charge in [-0.25, -0.2) is 15.0 Å². The van der Waals surface area contributed by atoms with Gasteiger partial charge in [0.15, 0.2) is 17.3 Å². The Morgan fingerprint density at radius 3 is 2.55 bits per heavy atom. The molecule has 0 aliphatic carbocycles. The summed E-state index contributed by atoms with van der Waals surface area (Å²) in [6.07, 6.45) is 1.97. The van der Waals surface area contributed by atoms with Gasteiger partial charge in [-0.3, -0.25) is 4.90 Å². The second kappa shape index (κ2) is 8.69.